The maximum Gasteiger partial charge on any atom is 0.325 e. The molecule has 3 N–H and O–H groups in total. The van der Waals surface area contributed by atoms with Crippen LogP contribution >= 0.6 is 12.4 Å². The van der Waals surface area contributed by atoms with Gasteiger partial charge in [-0.15, -0.1) is 12.4 Å². The number of hydrogen-bond donors (Lipinski definition) is 2. The first kappa shape index (κ1) is 14.2. The van der Waals surface area contributed by atoms with Crippen molar-refractivity contribution in [3.63, 3.8) is 0 Å². The van der Waals surface area contributed by atoms with E-state index in [-0.39, 0.29) is 12.4 Å². The Balaban J connectivity index is 0.00000162. The standard InChI is InChI=1S/C14H13NO2.ClH/c15-13(14(16)17)12-8-6-11(7-9-12)10-4-2-1-3-5-10;/h1-9,13H,15H2,(H,16,17);1H. The third kappa shape index (κ3) is 3.09. The lowest BCUT2D eigenvalue weighted by Crippen LogP contribution is -2.20. The van der Waals surface area contributed by atoms with Crippen molar-refractivity contribution < 1.29 is 9.90 Å². The fourth-order valence-electron chi connectivity index (χ4n) is 1.66. The van der Waals surface area contributed by atoms with Gasteiger partial charge < -0.3 is 10.8 Å². The summed E-state index contributed by atoms with van der Waals surface area (Å²) in [4.78, 5) is 10.7. The molecule has 94 valence electrons. The molecule has 1 unspecified atom stereocenters. The van der Waals surface area contributed by atoms with Crippen molar-refractivity contribution in [2.45, 2.75) is 6.04 Å². The molecule has 2 aromatic carbocycles. The van der Waals surface area contributed by atoms with Crippen LogP contribution in [0.5, 0.6) is 0 Å². The van der Waals surface area contributed by atoms with Crippen LogP contribution in [0.25, 0.3) is 11.1 Å². The van der Waals surface area contributed by atoms with Crippen LogP contribution in [0.3, 0.4) is 0 Å². The van der Waals surface area contributed by atoms with Crippen molar-refractivity contribution in [3.8, 4) is 11.1 Å². The minimum atomic E-state index is -1.02. The van der Waals surface area contributed by atoms with Crippen molar-refractivity contribution in [1.29, 1.82) is 0 Å². The molecular weight excluding hydrogens is 250 g/mol. The monoisotopic (exact) mass is 263 g/mol. The Kier molecular flexibility index (Phi) is 4.89. The molecule has 0 heterocycles. The van der Waals surface area contributed by atoms with E-state index in [9.17, 15) is 4.79 Å². The molecule has 0 spiro atoms. The van der Waals surface area contributed by atoms with E-state index in [1.54, 1.807) is 12.1 Å². The van der Waals surface area contributed by atoms with Crippen molar-refractivity contribution >= 4 is 18.4 Å². The SMILES string of the molecule is Cl.NC(C(=O)O)c1ccc(-c2ccccc2)cc1. The van der Waals surface area contributed by atoms with Crippen LogP contribution < -0.4 is 5.73 Å². The zero-order valence-corrected chi connectivity index (χ0v) is 10.4. The predicted molar refractivity (Wildman–Crippen MR) is 73.7 cm³/mol. The summed E-state index contributed by atoms with van der Waals surface area (Å²) in [5.74, 6) is -1.02. The maximum atomic E-state index is 10.7. The summed E-state index contributed by atoms with van der Waals surface area (Å²) < 4.78 is 0. The first-order valence-corrected chi connectivity index (χ1v) is 5.32. The second kappa shape index (κ2) is 6.19. The summed E-state index contributed by atoms with van der Waals surface area (Å²) in [6.45, 7) is 0. The van der Waals surface area contributed by atoms with Gasteiger partial charge in [-0.2, -0.15) is 0 Å². The molecule has 0 fully saturated rings. The van der Waals surface area contributed by atoms with Gasteiger partial charge in [-0.05, 0) is 16.7 Å². The van der Waals surface area contributed by atoms with E-state index in [0.717, 1.165) is 11.1 Å². The van der Waals surface area contributed by atoms with Crippen LogP contribution in [0, 0.1) is 0 Å². The van der Waals surface area contributed by atoms with Crippen LogP contribution in [0.1, 0.15) is 11.6 Å². The van der Waals surface area contributed by atoms with Gasteiger partial charge in [-0.25, -0.2) is 0 Å². The van der Waals surface area contributed by atoms with Crippen LogP contribution in [-0.2, 0) is 4.79 Å². The van der Waals surface area contributed by atoms with Crippen molar-refractivity contribution in [1.82, 2.24) is 0 Å². The fraction of sp³-hybridized carbons (Fsp3) is 0.0714. The molecule has 0 amide bonds. The van der Waals surface area contributed by atoms with E-state index in [0.29, 0.717) is 5.56 Å². The molecule has 0 aromatic heterocycles. The van der Waals surface area contributed by atoms with Gasteiger partial charge in [0.15, 0.2) is 0 Å². The van der Waals surface area contributed by atoms with Gasteiger partial charge in [-0.3, -0.25) is 4.79 Å². The lowest BCUT2D eigenvalue weighted by Gasteiger charge is -2.07. The van der Waals surface area contributed by atoms with Crippen molar-refractivity contribution in [2.24, 2.45) is 5.73 Å². The third-order valence-corrected chi connectivity index (χ3v) is 2.64. The fourth-order valence-corrected chi connectivity index (χ4v) is 1.66. The Bertz CT molecular complexity index is 511. The summed E-state index contributed by atoms with van der Waals surface area (Å²) in [6, 6.07) is 16.2. The minimum Gasteiger partial charge on any atom is -0.480 e. The lowest BCUT2D eigenvalue weighted by atomic mass is 10.0. The Morgan fingerprint density at radius 1 is 0.944 bits per heavy atom. The largest absolute Gasteiger partial charge is 0.480 e. The molecule has 0 saturated carbocycles. The Morgan fingerprint density at radius 3 is 1.94 bits per heavy atom. The zero-order valence-electron chi connectivity index (χ0n) is 9.61. The van der Waals surface area contributed by atoms with Gasteiger partial charge >= 0.3 is 5.97 Å². The highest BCUT2D eigenvalue weighted by Crippen LogP contribution is 2.21. The van der Waals surface area contributed by atoms with Gasteiger partial charge in [-0.1, -0.05) is 54.6 Å². The maximum absolute atomic E-state index is 10.7. The molecule has 18 heavy (non-hydrogen) atoms. The molecule has 0 aliphatic heterocycles. The average molecular weight is 264 g/mol. The predicted octanol–water partition coefficient (Wildman–Crippen LogP) is 2.86. The topological polar surface area (TPSA) is 63.3 Å². The van der Waals surface area contributed by atoms with E-state index in [1.807, 2.05) is 42.5 Å². The quantitative estimate of drug-likeness (QED) is 0.895. The molecule has 0 aliphatic rings. The lowest BCUT2D eigenvalue weighted by molar-refractivity contribution is -0.138. The molecule has 2 aromatic rings. The van der Waals surface area contributed by atoms with Gasteiger partial charge in [0.1, 0.15) is 6.04 Å². The highest BCUT2D eigenvalue weighted by atomic mass is 35.5. The van der Waals surface area contributed by atoms with E-state index in [4.69, 9.17) is 10.8 Å². The first-order valence-electron chi connectivity index (χ1n) is 5.32. The molecular formula is C14H14ClNO2. The number of carboxylic acids is 1. The highest BCUT2D eigenvalue weighted by molar-refractivity contribution is 5.85. The average Bonchev–Trinajstić information content (AvgIpc) is 2.39. The molecule has 0 bridgehead atoms. The number of benzene rings is 2. The number of nitrogens with two attached hydrogens (primary N) is 1. The van der Waals surface area contributed by atoms with Crippen molar-refractivity contribution in [3.05, 3.63) is 60.2 Å². The number of halogens is 1. The number of hydrogen-bond acceptors (Lipinski definition) is 2. The minimum absolute atomic E-state index is 0. The molecule has 0 aliphatic carbocycles. The molecule has 3 nitrogen and oxygen atoms in total. The normalized spacial score (nSPS) is 11.4. The Hall–Kier alpha value is -1.84. The summed E-state index contributed by atoms with van der Waals surface area (Å²) in [5, 5.41) is 8.80. The van der Waals surface area contributed by atoms with Crippen LogP contribution in [0.2, 0.25) is 0 Å². The molecule has 1 atom stereocenters. The summed E-state index contributed by atoms with van der Waals surface area (Å²) in [6.07, 6.45) is 0. The van der Waals surface area contributed by atoms with Crippen LogP contribution in [-0.4, -0.2) is 11.1 Å². The summed E-state index contributed by atoms with van der Waals surface area (Å²) in [5.41, 5.74) is 8.28. The summed E-state index contributed by atoms with van der Waals surface area (Å²) in [7, 11) is 0. The second-order valence-electron chi connectivity index (χ2n) is 3.80. The Labute approximate surface area is 112 Å². The molecule has 4 heteroatoms. The zero-order chi connectivity index (χ0) is 12.3. The first-order chi connectivity index (χ1) is 8.18. The van der Waals surface area contributed by atoms with Crippen LogP contribution in [0.4, 0.5) is 0 Å². The second-order valence-corrected chi connectivity index (χ2v) is 3.80. The van der Waals surface area contributed by atoms with E-state index in [1.165, 1.54) is 0 Å². The third-order valence-electron chi connectivity index (χ3n) is 2.64. The number of carboxylic acid groups (broad SMARTS) is 1. The number of carbonyl (C=O) groups is 1. The van der Waals surface area contributed by atoms with Gasteiger partial charge in [0, 0.05) is 0 Å². The molecule has 0 radical (unpaired) electrons. The molecule has 0 saturated heterocycles. The van der Waals surface area contributed by atoms with Crippen molar-refractivity contribution in [2.75, 3.05) is 0 Å². The van der Waals surface area contributed by atoms with E-state index < -0.39 is 12.0 Å². The van der Waals surface area contributed by atoms with Gasteiger partial charge in [0.05, 0.1) is 0 Å². The Morgan fingerprint density at radius 2 is 1.44 bits per heavy atom. The van der Waals surface area contributed by atoms with Gasteiger partial charge in [0.2, 0.25) is 0 Å². The highest BCUT2D eigenvalue weighted by Gasteiger charge is 2.13. The summed E-state index contributed by atoms with van der Waals surface area (Å²) >= 11 is 0. The number of aliphatic carboxylic acids is 1. The van der Waals surface area contributed by atoms with E-state index in [2.05, 4.69) is 0 Å². The van der Waals surface area contributed by atoms with Crippen LogP contribution in [0.15, 0.2) is 54.6 Å². The smallest absolute Gasteiger partial charge is 0.325 e. The number of rotatable bonds is 3. The van der Waals surface area contributed by atoms with E-state index >= 15 is 0 Å². The van der Waals surface area contributed by atoms with Gasteiger partial charge in [0.25, 0.3) is 0 Å². The molecule has 2 rings (SSSR count).